The number of anilines is 1. The van der Waals surface area contributed by atoms with Gasteiger partial charge >= 0.3 is 0 Å². The molecule has 0 radical (unpaired) electrons. The van der Waals surface area contributed by atoms with E-state index in [0.717, 1.165) is 42.9 Å². The fraction of sp³-hybridized carbons (Fsp3) is 0.286. The zero-order chi connectivity index (χ0) is 25.3. The van der Waals surface area contributed by atoms with Gasteiger partial charge in [-0.1, -0.05) is 42.5 Å². The Hall–Kier alpha value is -3.62. The minimum atomic E-state index is -0.922. The molecule has 0 aliphatic carbocycles. The molecule has 6 nitrogen and oxygen atoms in total. The number of halogens is 2. The third-order valence-corrected chi connectivity index (χ3v) is 6.03. The van der Waals surface area contributed by atoms with Gasteiger partial charge in [0.05, 0.1) is 31.7 Å². The van der Waals surface area contributed by atoms with Crippen LogP contribution in [0.5, 0.6) is 0 Å². The van der Waals surface area contributed by atoms with Crippen LogP contribution < -0.4 is 10.2 Å². The van der Waals surface area contributed by atoms with Crippen molar-refractivity contribution in [1.29, 1.82) is 0 Å². The summed E-state index contributed by atoms with van der Waals surface area (Å²) >= 11 is 0. The van der Waals surface area contributed by atoms with Gasteiger partial charge in [0.25, 0.3) is 5.91 Å². The highest BCUT2D eigenvalue weighted by atomic mass is 19.1. The minimum Gasteiger partial charge on any atom is -0.379 e. The van der Waals surface area contributed by atoms with Gasteiger partial charge in [-0.05, 0) is 35.4 Å². The van der Waals surface area contributed by atoms with Gasteiger partial charge in [0, 0.05) is 37.9 Å². The van der Waals surface area contributed by atoms with Crippen LogP contribution in [0.3, 0.4) is 0 Å². The van der Waals surface area contributed by atoms with E-state index >= 15 is 0 Å². The maximum Gasteiger partial charge on any atom is 0.261 e. The van der Waals surface area contributed by atoms with Crippen molar-refractivity contribution in [3.05, 3.63) is 101 Å². The van der Waals surface area contributed by atoms with Crippen LogP contribution in [-0.4, -0.2) is 56.1 Å². The van der Waals surface area contributed by atoms with Gasteiger partial charge in [-0.15, -0.1) is 0 Å². The normalized spacial score (nSPS) is 13.8. The summed E-state index contributed by atoms with van der Waals surface area (Å²) in [5.74, 6) is -2.39. The van der Waals surface area contributed by atoms with Crippen molar-refractivity contribution in [3.8, 4) is 0 Å². The monoisotopic (exact) mass is 493 g/mol. The lowest BCUT2D eigenvalue weighted by molar-refractivity contribution is -0.120. The molecule has 0 unspecified atom stereocenters. The van der Waals surface area contributed by atoms with Crippen molar-refractivity contribution < 1.29 is 23.1 Å². The minimum absolute atomic E-state index is 0.120. The summed E-state index contributed by atoms with van der Waals surface area (Å²) in [5, 5.41) is 2.94. The van der Waals surface area contributed by atoms with E-state index in [2.05, 4.69) is 10.2 Å². The van der Waals surface area contributed by atoms with E-state index in [1.807, 2.05) is 36.4 Å². The second-order valence-corrected chi connectivity index (χ2v) is 8.65. The summed E-state index contributed by atoms with van der Waals surface area (Å²) in [6.07, 6.45) is 0.148. The van der Waals surface area contributed by atoms with Crippen LogP contribution in [0.25, 0.3) is 0 Å². The zero-order valence-corrected chi connectivity index (χ0v) is 20.0. The molecule has 1 aliphatic heterocycles. The van der Waals surface area contributed by atoms with Gasteiger partial charge in [0.1, 0.15) is 11.6 Å². The molecule has 1 aliphatic rings. The van der Waals surface area contributed by atoms with Crippen molar-refractivity contribution >= 4 is 17.5 Å². The Morgan fingerprint density at radius 2 is 1.67 bits per heavy atom. The van der Waals surface area contributed by atoms with Crippen LogP contribution in [0, 0.1) is 11.6 Å². The molecule has 0 spiro atoms. The van der Waals surface area contributed by atoms with E-state index in [9.17, 15) is 18.4 Å². The topological polar surface area (TPSA) is 61.9 Å². The first-order valence-electron chi connectivity index (χ1n) is 12.0. The fourth-order valence-electron chi connectivity index (χ4n) is 4.12. The maximum absolute atomic E-state index is 14.5. The highest BCUT2D eigenvalue weighted by Gasteiger charge is 2.22. The van der Waals surface area contributed by atoms with Crippen molar-refractivity contribution in [3.63, 3.8) is 0 Å². The first-order chi connectivity index (χ1) is 17.5. The highest BCUT2D eigenvalue weighted by molar-refractivity contribution is 6.06. The van der Waals surface area contributed by atoms with E-state index in [4.69, 9.17) is 4.74 Å². The Labute approximate surface area is 209 Å². The van der Waals surface area contributed by atoms with Gasteiger partial charge in [-0.25, -0.2) is 8.78 Å². The molecule has 0 saturated carbocycles. The van der Waals surface area contributed by atoms with Gasteiger partial charge in [0.2, 0.25) is 5.91 Å². The number of ether oxygens (including phenoxy) is 1. The van der Waals surface area contributed by atoms with Crippen molar-refractivity contribution in [2.24, 2.45) is 0 Å². The Morgan fingerprint density at radius 3 is 2.42 bits per heavy atom. The molecule has 36 heavy (non-hydrogen) atoms. The molecule has 0 atom stereocenters. The van der Waals surface area contributed by atoms with E-state index in [1.165, 1.54) is 4.90 Å². The summed E-state index contributed by atoms with van der Waals surface area (Å²) < 4.78 is 33.2. The van der Waals surface area contributed by atoms with Crippen molar-refractivity contribution in [2.75, 3.05) is 44.3 Å². The molecular formula is C28H29F2N3O3. The number of amides is 2. The molecule has 188 valence electrons. The van der Waals surface area contributed by atoms with Crippen LogP contribution in [0.1, 0.15) is 21.5 Å². The summed E-state index contributed by atoms with van der Waals surface area (Å²) in [7, 11) is 0. The summed E-state index contributed by atoms with van der Waals surface area (Å²) in [6, 6.07) is 19.3. The molecule has 1 fully saturated rings. The molecule has 8 heteroatoms. The molecule has 0 aromatic heterocycles. The zero-order valence-electron chi connectivity index (χ0n) is 20.0. The van der Waals surface area contributed by atoms with E-state index < -0.39 is 17.5 Å². The second-order valence-electron chi connectivity index (χ2n) is 8.65. The van der Waals surface area contributed by atoms with Gasteiger partial charge in [0.15, 0.2) is 0 Å². The smallest absolute Gasteiger partial charge is 0.261 e. The van der Waals surface area contributed by atoms with Gasteiger partial charge in [-0.2, -0.15) is 0 Å². The highest BCUT2D eigenvalue weighted by Crippen LogP contribution is 2.23. The quantitative estimate of drug-likeness (QED) is 0.493. The first kappa shape index (κ1) is 25.5. The number of nitrogens with one attached hydrogen (secondary N) is 1. The average molecular weight is 494 g/mol. The lowest BCUT2D eigenvalue weighted by Crippen LogP contribution is -2.41. The fourth-order valence-corrected chi connectivity index (χ4v) is 4.12. The van der Waals surface area contributed by atoms with E-state index in [1.54, 1.807) is 18.2 Å². The van der Waals surface area contributed by atoms with Crippen LogP contribution in [-0.2, 0) is 22.5 Å². The van der Waals surface area contributed by atoms with Crippen LogP contribution >= 0.6 is 0 Å². The maximum atomic E-state index is 14.5. The van der Waals surface area contributed by atoms with E-state index in [-0.39, 0.29) is 24.4 Å². The molecule has 1 heterocycles. The standard InChI is InChI=1S/C28H29F2N3O3/c29-23-9-10-25(26(30)19-23)28(35)33(20-21-5-2-1-3-6-21)24-8-4-7-22(17-24)18-27(34)31-11-12-32-13-15-36-16-14-32/h1-10,17,19H,11-16,18,20H2,(H,31,34). The third-order valence-electron chi connectivity index (χ3n) is 6.03. The lowest BCUT2D eigenvalue weighted by atomic mass is 10.1. The number of morpholine rings is 1. The number of hydrogen-bond acceptors (Lipinski definition) is 4. The molecule has 1 saturated heterocycles. The van der Waals surface area contributed by atoms with E-state index in [0.29, 0.717) is 31.5 Å². The molecule has 2 amide bonds. The Balaban J connectivity index is 1.48. The Morgan fingerprint density at radius 1 is 0.917 bits per heavy atom. The van der Waals surface area contributed by atoms with Crippen molar-refractivity contribution in [1.82, 2.24) is 10.2 Å². The van der Waals surface area contributed by atoms with Gasteiger partial charge < -0.3 is 15.0 Å². The predicted octanol–water partition coefficient (Wildman–Crippen LogP) is 3.80. The summed E-state index contributed by atoms with van der Waals surface area (Å²) in [5.41, 5.74) is 1.87. The van der Waals surface area contributed by atoms with Crippen LogP contribution in [0.2, 0.25) is 0 Å². The average Bonchev–Trinajstić information content (AvgIpc) is 2.88. The Kier molecular flexibility index (Phi) is 8.76. The van der Waals surface area contributed by atoms with Crippen LogP contribution in [0.4, 0.5) is 14.5 Å². The number of rotatable bonds is 9. The molecule has 0 bridgehead atoms. The number of carbonyl (C=O) groups excluding carboxylic acids is 2. The number of carbonyl (C=O) groups is 2. The number of hydrogen-bond donors (Lipinski definition) is 1. The lowest BCUT2D eigenvalue weighted by Gasteiger charge is -2.26. The first-order valence-corrected chi connectivity index (χ1v) is 12.0. The van der Waals surface area contributed by atoms with Gasteiger partial charge in [-0.3, -0.25) is 14.5 Å². The molecule has 3 aromatic rings. The molecular weight excluding hydrogens is 464 g/mol. The number of nitrogens with zero attached hydrogens (tertiary/aromatic N) is 2. The summed E-state index contributed by atoms with van der Waals surface area (Å²) in [4.78, 5) is 29.6. The Bertz CT molecular complexity index is 1180. The molecule has 3 aromatic carbocycles. The predicted molar refractivity (Wildman–Crippen MR) is 134 cm³/mol. The SMILES string of the molecule is O=C(Cc1cccc(N(Cc2ccccc2)C(=O)c2ccc(F)cc2F)c1)NCCN1CCOCC1. The third kappa shape index (κ3) is 6.96. The summed E-state index contributed by atoms with van der Waals surface area (Å²) in [6.45, 7) is 4.63. The molecule has 4 rings (SSSR count). The van der Waals surface area contributed by atoms with Crippen molar-refractivity contribution in [2.45, 2.75) is 13.0 Å². The largest absolute Gasteiger partial charge is 0.379 e. The molecule has 1 N–H and O–H groups in total. The van der Waals surface area contributed by atoms with Crippen LogP contribution in [0.15, 0.2) is 72.8 Å². The number of benzene rings is 3. The second kappa shape index (κ2) is 12.4.